The molecule has 0 bridgehead atoms. The minimum Gasteiger partial charge on any atom is -0.489 e. The fourth-order valence-corrected chi connectivity index (χ4v) is 2.78. The topological polar surface area (TPSA) is 87.4 Å². The quantitative estimate of drug-likeness (QED) is 0.680. The lowest BCUT2D eigenvalue weighted by Crippen LogP contribution is -2.38. The van der Waals surface area contributed by atoms with Gasteiger partial charge in [0.05, 0.1) is 12.1 Å². The molecule has 7 nitrogen and oxygen atoms in total. The van der Waals surface area contributed by atoms with E-state index < -0.39 is 11.7 Å². The van der Waals surface area contributed by atoms with Gasteiger partial charge in [-0.25, -0.2) is 9.59 Å². The van der Waals surface area contributed by atoms with Gasteiger partial charge in [0.1, 0.15) is 23.5 Å². The number of imidazole rings is 1. The van der Waals surface area contributed by atoms with Crippen LogP contribution in [0.2, 0.25) is 0 Å². The third kappa shape index (κ3) is 5.16. The van der Waals surface area contributed by atoms with Crippen molar-refractivity contribution in [1.82, 2.24) is 14.9 Å². The molecule has 3 aromatic rings. The fraction of sp³-hybridized carbons (Fsp3) is 0.333. The van der Waals surface area contributed by atoms with Crippen LogP contribution in [0.5, 0.6) is 5.75 Å². The van der Waals surface area contributed by atoms with Gasteiger partial charge in [-0.15, -0.1) is 0 Å². The van der Waals surface area contributed by atoms with E-state index in [2.05, 4.69) is 9.97 Å². The van der Waals surface area contributed by atoms with Gasteiger partial charge in [0.2, 0.25) is 0 Å². The molecule has 2 N–H and O–H groups in total. The molecule has 0 aliphatic carbocycles. The van der Waals surface area contributed by atoms with E-state index in [4.69, 9.17) is 9.47 Å². The van der Waals surface area contributed by atoms with E-state index in [1.54, 1.807) is 23.1 Å². The van der Waals surface area contributed by atoms with Crippen molar-refractivity contribution in [1.29, 1.82) is 0 Å². The molecule has 1 heterocycles. The van der Waals surface area contributed by atoms with Gasteiger partial charge in [0, 0.05) is 6.54 Å². The number of aromatic nitrogens is 2. The summed E-state index contributed by atoms with van der Waals surface area (Å²) in [6.07, 6.45) is -0.395. The number of nitrogens with zero attached hydrogens (tertiary/aromatic N) is 1. The minimum atomic E-state index is -0.580. The maximum atomic E-state index is 12.6. The number of nitrogens with one attached hydrogen (secondary N) is 2. The van der Waals surface area contributed by atoms with Crippen LogP contribution < -0.4 is 10.4 Å². The van der Waals surface area contributed by atoms with Crippen molar-refractivity contribution in [2.75, 3.05) is 13.2 Å². The van der Waals surface area contributed by atoms with E-state index in [9.17, 15) is 9.59 Å². The van der Waals surface area contributed by atoms with Gasteiger partial charge in [0.15, 0.2) is 0 Å². The second kappa shape index (κ2) is 8.21. The zero-order valence-corrected chi connectivity index (χ0v) is 16.3. The van der Waals surface area contributed by atoms with E-state index in [-0.39, 0.29) is 12.3 Å². The van der Waals surface area contributed by atoms with Crippen LogP contribution >= 0.6 is 0 Å². The number of amides is 1. The maximum absolute atomic E-state index is 12.6. The SMILES string of the molecule is CC(C)(C)OC(=O)N(CCOc1cccc2[nH]c(=O)[nH]c12)Cc1ccccc1. The Kier molecular flexibility index (Phi) is 5.73. The molecule has 28 heavy (non-hydrogen) atoms. The van der Waals surface area contributed by atoms with Gasteiger partial charge in [-0.1, -0.05) is 36.4 Å². The van der Waals surface area contributed by atoms with Crippen molar-refractivity contribution >= 4 is 17.1 Å². The molecule has 0 aliphatic rings. The van der Waals surface area contributed by atoms with Crippen LogP contribution in [0.1, 0.15) is 26.3 Å². The highest BCUT2D eigenvalue weighted by Gasteiger charge is 2.22. The van der Waals surface area contributed by atoms with Crippen molar-refractivity contribution in [2.24, 2.45) is 0 Å². The highest BCUT2D eigenvalue weighted by molar-refractivity contribution is 5.81. The van der Waals surface area contributed by atoms with Crippen LogP contribution in [-0.2, 0) is 11.3 Å². The zero-order valence-electron chi connectivity index (χ0n) is 16.3. The molecular weight excluding hydrogens is 358 g/mol. The van der Waals surface area contributed by atoms with E-state index >= 15 is 0 Å². The van der Waals surface area contributed by atoms with Crippen molar-refractivity contribution in [2.45, 2.75) is 32.9 Å². The molecule has 0 saturated heterocycles. The predicted molar refractivity (Wildman–Crippen MR) is 108 cm³/mol. The highest BCUT2D eigenvalue weighted by atomic mass is 16.6. The molecule has 0 unspecified atom stereocenters. The van der Waals surface area contributed by atoms with Gasteiger partial charge in [0.25, 0.3) is 0 Å². The maximum Gasteiger partial charge on any atom is 0.410 e. The summed E-state index contributed by atoms with van der Waals surface area (Å²) in [5.41, 5.74) is 1.43. The van der Waals surface area contributed by atoms with Gasteiger partial charge in [-0.05, 0) is 38.5 Å². The molecule has 0 saturated carbocycles. The van der Waals surface area contributed by atoms with E-state index in [1.807, 2.05) is 51.1 Å². The number of aromatic amines is 2. The first kappa shape index (κ1) is 19.5. The van der Waals surface area contributed by atoms with Gasteiger partial charge in [-0.2, -0.15) is 0 Å². The Morgan fingerprint density at radius 1 is 1.04 bits per heavy atom. The molecule has 1 aromatic heterocycles. The molecular formula is C21H25N3O4. The summed E-state index contributed by atoms with van der Waals surface area (Å²) < 4.78 is 11.4. The van der Waals surface area contributed by atoms with E-state index in [1.165, 1.54) is 0 Å². The van der Waals surface area contributed by atoms with Gasteiger partial charge < -0.3 is 24.3 Å². The lowest BCUT2D eigenvalue weighted by atomic mass is 10.2. The number of carbonyl (C=O) groups is 1. The number of hydrogen-bond acceptors (Lipinski definition) is 4. The average Bonchev–Trinajstić information content (AvgIpc) is 3.01. The minimum absolute atomic E-state index is 0.262. The van der Waals surface area contributed by atoms with Crippen LogP contribution in [0.3, 0.4) is 0 Å². The van der Waals surface area contributed by atoms with Crippen LogP contribution in [-0.4, -0.2) is 39.7 Å². The second-order valence-electron chi connectivity index (χ2n) is 7.49. The van der Waals surface area contributed by atoms with E-state index in [0.717, 1.165) is 5.56 Å². The standard InChI is InChI=1S/C21H25N3O4/c1-21(2,3)28-20(26)24(14-15-8-5-4-6-9-15)12-13-27-17-11-7-10-16-18(17)23-19(25)22-16/h4-11H,12-14H2,1-3H3,(H2,22,23,25). The first-order valence-electron chi connectivity index (χ1n) is 9.17. The van der Waals surface area contributed by atoms with Crippen LogP contribution in [0.4, 0.5) is 4.79 Å². The first-order chi connectivity index (χ1) is 13.3. The summed E-state index contributed by atoms with van der Waals surface area (Å²) in [5.74, 6) is 0.555. The third-order valence-corrected chi connectivity index (χ3v) is 4.00. The van der Waals surface area contributed by atoms with Gasteiger partial charge >= 0.3 is 11.8 Å². The number of rotatable bonds is 6. The third-order valence-electron chi connectivity index (χ3n) is 4.00. The highest BCUT2D eigenvalue weighted by Crippen LogP contribution is 2.21. The Hall–Kier alpha value is -3.22. The van der Waals surface area contributed by atoms with Crippen LogP contribution in [0.25, 0.3) is 11.0 Å². The van der Waals surface area contributed by atoms with Crippen molar-refractivity contribution in [3.8, 4) is 5.75 Å². The number of H-pyrrole nitrogens is 2. The van der Waals surface area contributed by atoms with Gasteiger partial charge in [-0.3, -0.25) is 0 Å². The summed E-state index contributed by atoms with van der Waals surface area (Å²) >= 11 is 0. The Labute approximate surface area is 163 Å². The average molecular weight is 383 g/mol. The molecule has 0 spiro atoms. The summed E-state index contributed by atoms with van der Waals surface area (Å²) in [6, 6.07) is 15.1. The number of fused-ring (bicyclic) bond motifs is 1. The summed E-state index contributed by atoms with van der Waals surface area (Å²) in [6.45, 7) is 6.54. The molecule has 1 amide bonds. The lowest BCUT2D eigenvalue weighted by molar-refractivity contribution is 0.0209. The summed E-state index contributed by atoms with van der Waals surface area (Å²) in [4.78, 5) is 31.2. The molecule has 3 rings (SSSR count). The lowest BCUT2D eigenvalue weighted by Gasteiger charge is -2.27. The Balaban J connectivity index is 1.69. The predicted octanol–water partition coefficient (Wildman–Crippen LogP) is 3.67. The largest absolute Gasteiger partial charge is 0.489 e. The second-order valence-corrected chi connectivity index (χ2v) is 7.49. The number of ether oxygens (including phenoxy) is 2. The Bertz CT molecular complexity index is 986. The monoisotopic (exact) mass is 383 g/mol. The molecule has 2 aromatic carbocycles. The normalized spacial score (nSPS) is 11.4. The number of benzene rings is 2. The number of carbonyl (C=O) groups excluding carboxylic acids is 1. The molecule has 148 valence electrons. The number of para-hydroxylation sites is 1. The zero-order chi connectivity index (χ0) is 20.1. The summed E-state index contributed by atoms with van der Waals surface area (Å²) in [5, 5.41) is 0. The van der Waals surface area contributed by atoms with Crippen LogP contribution in [0.15, 0.2) is 53.3 Å². The molecule has 0 radical (unpaired) electrons. The fourth-order valence-electron chi connectivity index (χ4n) is 2.78. The molecule has 7 heteroatoms. The van der Waals surface area contributed by atoms with Crippen molar-refractivity contribution in [3.05, 3.63) is 64.6 Å². The smallest absolute Gasteiger partial charge is 0.410 e. The first-order valence-corrected chi connectivity index (χ1v) is 9.17. The molecule has 0 fully saturated rings. The van der Waals surface area contributed by atoms with Crippen molar-refractivity contribution in [3.63, 3.8) is 0 Å². The molecule has 0 aliphatic heterocycles. The Morgan fingerprint density at radius 2 is 1.79 bits per heavy atom. The molecule has 0 atom stereocenters. The number of hydrogen-bond donors (Lipinski definition) is 2. The van der Waals surface area contributed by atoms with Crippen molar-refractivity contribution < 1.29 is 14.3 Å². The van der Waals surface area contributed by atoms with Crippen LogP contribution in [0, 0.1) is 0 Å². The van der Waals surface area contributed by atoms with E-state index in [0.29, 0.717) is 29.9 Å². The summed E-state index contributed by atoms with van der Waals surface area (Å²) in [7, 11) is 0. The Morgan fingerprint density at radius 3 is 2.50 bits per heavy atom.